The molecule has 0 saturated heterocycles. The van der Waals surface area contributed by atoms with Crippen molar-refractivity contribution in [1.82, 2.24) is 15.5 Å². The van der Waals surface area contributed by atoms with Gasteiger partial charge in [0, 0.05) is 6.04 Å². The molecule has 1 unspecified atom stereocenters. The second-order valence-electron chi connectivity index (χ2n) is 4.07. The van der Waals surface area contributed by atoms with Crippen LogP contribution in [0.2, 0.25) is 4.47 Å². The van der Waals surface area contributed by atoms with Crippen molar-refractivity contribution in [2.75, 3.05) is 0 Å². The number of amides is 1. The molecule has 1 aromatic carbocycles. The van der Waals surface area contributed by atoms with Crippen LogP contribution in [0.25, 0.3) is 0 Å². The molecule has 7 heteroatoms. The summed E-state index contributed by atoms with van der Waals surface area (Å²) < 4.78 is 13.0. The number of halogens is 2. The van der Waals surface area contributed by atoms with Crippen LogP contribution in [-0.2, 0) is 6.42 Å². The summed E-state index contributed by atoms with van der Waals surface area (Å²) in [6, 6.07) is 6.09. The fourth-order valence-corrected chi connectivity index (χ4v) is 2.34. The fourth-order valence-electron chi connectivity index (χ4n) is 1.61. The second kappa shape index (κ2) is 6.08. The first kappa shape index (κ1) is 13.9. The van der Waals surface area contributed by atoms with Gasteiger partial charge in [-0.1, -0.05) is 23.5 Å². The highest BCUT2D eigenvalue weighted by Gasteiger charge is 2.14. The molecule has 0 spiro atoms. The van der Waals surface area contributed by atoms with Gasteiger partial charge in [0.05, 0.1) is 0 Å². The highest BCUT2D eigenvalue weighted by atomic mass is 35.5. The molecule has 0 fully saturated rings. The Labute approximate surface area is 118 Å². The van der Waals surface area contributed by atoms with E-state index in [1.807, 2.05) is 6.92 Å². The van der Waals surface area contributed by atoms with Gasteiger partial charge in [0.1, 0.15) is 5.82 Å². The average molecular weight is 300 g/mol. The van der Waals surface area contributed by atoms with Crippen molar-refractivity contribution >= 4 is 28.8 Å². The van der Waals surface area contributed by atoms with Gasteiger partial charge in [-0.3, -0.25) is 4.79 Å². The lowest BCUT2D eigenvalue weighted by Gasteiger charge is -2.12. The van der Waals surface area contributed by atoms with Gasteiger partial charge in [0.25, 0.3) is 5.91 Å². The Morgan fingerprint density at radius 2 is 2.11 bits per heavy atom. The van der Waals surface area contributed by atoms with Crippen molar-refractivity contribution in [2.45, 2.75) is 19.4 Å². The second-order valence-corrected chi connectivity index (χ2v) is 5.62. The van der Waals surface area contributed by atoms with E-state index < -0.39 is 0 Å². The largest absolute Gasteiger partial charge is 0.347 e. The lowest BCUT2D eigenvalue weighted by molar-refractivity contribution is 0.0939. The molecule has 4 nitrogen and oxygen atoms in total. The molecule has 0 saturated carbocycles. The zero-order chi connectivity index (χ0) is 13.8. The minimum Gasteiger partial charge on any atom is -0.347 e. The maximum absolute atomic E-state index is 12.8. The Bertz CT molecular complexity index is 573. The van der Waals surface area contributed by atoms with E-state index in [4.69, 9.17) is 11.6 Å². The van der Waals surface area contributed by atoms with Crippen molar-refractivity contribution < 1.29 is 9.18 Å². The molecule has 1 aromatic heterocycles. The summed E-state index contributed by atoms with van der Waals surface area (Å²) in [4.78, 5) is 11.8. The third-order valence-electron chi connectivity index (χ3n) is 2.43. The van der Waals surface area contributed by atoms with Gasteiger partial charge in [0.15, 0.2) is 0 Å². The number of rotatable bonds is 4. The van der Waals surface area contributed by atoms with Crippen LogP contribution in [0.3, 0.4) is 0 Å². The third kappa shape index (κ3) is 3.97. The van der Waals surface area contributed by atoms with Gasteiger partial charge in [-0.25, -0.2) is 4.39 Å². The summed E-state index contributed by atoms with van der Waals surface area (Å²) in [6.45, 7) is 1.86. The summed E-state index contributed by atoms with van der Waals surface area (Å²) in [5.74, 6) is -0.581. The van der Waals surface area contributed by atoms with Gasteiger partial charge < -0.3 is 5.32 Å². The van der Waals surface area contributed by atoms with Crippen LogP contribution in [-0.4, -0.2) is 22.1 Å². The molecule has 19 heavy (non-hydrogen) atoms. The smallest absolute Gasteiger partial charge is 0.282 e. The van der Waals surface area contributed by atoms with Gasteiger partial charge >= 0.3 is 0 Å². The van der Waals surface area contributed by atoms with Crippen LogP contribution >= 0.6 is 22.9 Å². The zero-order valence-corrected chi connectivity index (χ0v) is 11.6. The van der Waals surface area contributed by atoms with Gasteiger partial charge in [-0.15, -0.1) is 10.2 Å². The van der Waals surface area contributed by atoms with Crippen LogP contribution in [0.1, 0.15) is 22.3 Å². The normalized spacial score (nSPS) is 12.2. The molecule has 0 radical (unpaired) electrons. The van der Waals surface area contributed by atoms with E-state index in [-0.39, 0.29) is 27.2 Å². The average Bonchev–Trinajstić information content (AvgIpc) is 2.79. The Morgan fingerprint density at radius 3 is 2.68 bits per heavy atom. The van der Waals surface area contributed by atoms with Crippen LogP contribution < -0.4 is 5.32 Å². The molecule has 2 aromatic rings. The first-order chi connectivity index (χ1) is 9.04. The number of carbonyl (C=O) groups is 1. The lowest BCUT2D eigenvalue weighted by atomic mass is 10.1. The fraction of sp³-hybridized carbons (Fsp3) is 0.250. The van der Waals surface area contributed by atoms with Gasteiger partial charge in [0.2, 0.25) is 9.47 Å². The molecule has 1 N–H and O–H groups in total. The zero-order valence-electron chi connectivity index (χ0n) is 10.1. The molecule has 1 amide bonds. The summed E-state index contributed by atoms with van der Waals surface area (Å²) in [5.41, 5.74) is 0.949. The molecular formula is C12H11ClFN3OS. The minimum absolute atomic E-state index is 0.0966. The third-order valence-corrected chi connectivity index (χ3v) is 3.44. The van der Waals surface area contributed by atoms with Crippen molar-refractivity contribution in [1.29, 1.82) is 0 Å². The number of hydrogen-bond acceptors (Lipinski definition) is 4. The lowest BCUT2D eigenvalue weighted by Crippen LogP contribution is -2.34. The predicted octanol–water partition coefficient (Wildman–Crippen LogP) is 2.69. The quantitative estimate of drug-likeness (QED) is 0.944. The molecule has 0 bridgehead atoms. The maximum atomic E-state index is 12.8. The molecule has 2 rings (SSSR count). The molecule has 1 atom stereocenters. The SMILES string of the molecule is CC(Cc1ccc(F)cc1)NC(=O)c1nnc(Cl)s1. The highest BCUT2D eigenvalue weighted by Crippen LogP contribution is 2.15. The molecule has 0 aliphatic rings. The van der Waals surface area contributed by atoms with E-state index in [9.17, 15) is 9.18 Å². The maximum Gasteiger partial charge on any atom is 0.282 e. The van der Waals surface area contributed by atoms with Crippen molar-refractivity contribution in [3.05, 3.63) is 45.1 Å². The van der Waals surface area contributed by atoms with E-state index in [0.717, 1.165) is 16.9 Å². The number of hydrogen-bond donors (Lipinski definition) is 1. The number of nitrogens with one attached hydrogen (secondary N) is 1. The molecule has 0 aliphatic heterocycles. The minimum atomic E-state index is -0.306. The Hall–Kier alpha value is -1.53. The Morgan fingerprint density at radius 1 is 1.42 bits per heavy atom. The van der Waals surface area contributed by atoms with Crippen LogP contribution in [0.5, 0.6) is 0 Å². The number of aromatic nitrogens is 2. The van der Waals surface area contributed by atoms with E-state index in [1.54, 1.807) is 12.1 Å². The number of nitrogens with zero attached hydrogens (tertiary/aromatic N) is 2. The van der Waals surface area contributed by atoms with E-state index in [0.29, 0.717) is 6.42 Å². The number of benzene rings is 1. The topological polar surface area (TPSA) is 54.9 Å². The monoisotopic (exact) mass is 299 g/mol. The van der Waals surface area contributed by atoms with Crippen LogP contribution in [0.15, 0.2) is 24.3 Å². The molecule has 0 aliphatic carbocycles. The van der Waals surface area contributed by atoms with E-state index in [1.165, 1.54) is 12.1 Å². The summed E-state index contributed by atoms with van der Waals surface area (Å²) in [7, 11) is 0. The Kier molecular flexibility index (Phi) is 4.44. The van der Waals surface area contributed by atoms with Gasteiger partial charge in [-0.05, 0) is 42.6 Å². The summed E-state index contributed by atoms with van der Waals surface area (Å²) >= 11 is 6.64. The van der Waals surface area contributed by atoms with Crippen LogP contribution in [0, 0.1) is 5.82 Å². The molecule has 100 valence electrons. The summed E-state index contributed by atoms with van der Waals surface area (Å²) in [6.07, 6.45) is 0.610. The van der Waals surface area contributed by atoms with Crippen LogP contribution in [0.4, 0.5) is 4.39 Å². The standard InChI is InChI=1S/C12H11ClFN3OS/c1-7(6-8-2-4-9(14)5-3-8)15-10(18)11-16-17-12(13)19-11/h2-5,7H,6H2,1H3,(H,15,18). The number of carbonyl (C=O) groups excluding carboxylic acids is 1. The predicted molar refractivity (Wildman–Crippen MR) is 72.0 cm³/mol. The van der Waals surface area contributed by atoms with E-state index in [2.05, 4.69) is 15.5 Å². The highest BCUT2D eigenvalue weighted by molar-refractivity contribution is 7.17. The molecular weight excluding hydrogens is 289 g/mol. The van der Waals surface area contributed by atoms with Crippen molar-refractivity contribution in [2.24, 2.45) is 0 Å². The summed E-state index contributed by atoms with van der Waals surface area (Å²) in [5, 5.41) is 10.3. The van der Waals surface area contributed by atoms with E-state index >= 15 is 0 Å². The first-order valence-electron chi connectivity index (χ1n) is 5.59. The Balaban J connectivity index is 1.92. The first-order valence-corrected chi connectivity index (χ1v) is 6.78. The molecule has 1 heterocycles. The van der Waals surface area contributed by atoms with Crippen molar-refractivity contribution in [3.63, 3.8) is 0 Å². The van der Waals surface area contributed by atoms with Crippen molar-refractivity contribution in [3.8, 4) is 0 Å². The van der Waals surface area contributed by atoms with Gasteiger partial charge in [-0.2, -0.15) is 0 Å².